The fourth-order valence-corrected chi connectivity index (χ4v) is 0.877. The second-order valence-corrected chi connectivity index (χ2v) is 3.15. The van der Waals surface area contributed by atoms with Crippen molar-refractivity contribution >= 4 is 17.7 Å². The van der Waals surface area contributed by atoms with Crippen LogP contribution in [0.2, 0.25) is 0 Å². The highest BCUT2D eigenvalue weighted by Gasteiger charge is 1.89. The predicted molar refractivity (Wildman–Crippen MR) is 62.0 cm³/mol. The number of halogens is 2. The third-order valence-corrected chi connectivity index (χ3v) is 1.54. The minimum Gasteiger partial charge on any atom is -0.207 e. The van der Waals surface area contributed by atoms with Crippen LogP contribution < -0.4 is 0 Å². The third kappa shape index (κ3) is 5.76. The summed E-state index contributed by atoms with van der Waals surface area (Å²) in [6.07, 6.45) is 5.57. The summed E-state index contributed by atoms with van der Waals surface area (Å²) in [5.41, 5.74) is 1.05. The van der Waals surface area contributed by atoms with E-state index < -0.39 is 0 Å². The largest absolute Gasteiger partial charge is 0.207 e. The summed E-state index contributed by atoms with van der Waals surface area (Å²) in [7, 11) is 0. The van der Waals surface area contributed by atoms with Crippen molar-refractivity contribution in [3.63, 3.8) is 0 Å². The van der Waals surface area contributed by atoms with E-state index in [2.05, 4.69) is 31.5 Å². The molecule has 0 aliphatic heterocycles. The molecule has 0 radical (unpaired) electrons. The van der Waals surface area contributed by atoms with Gasteiger partial charge in [-0.1, -0.05) is 38.1 Å². The average Bonchev–Trinajstić information content (AvgIpc) is 2.20. The summed E-state index contributed by atoms with van der Waals surface area (Å²) < 4.78 is 12.5. The molecule has 0 aliphatic carbocycles. The highest BCUT2D eigenvalue weighted by atomic mass is 35.5. The molecule has 0 saturated carbocycles. The Kier molecular flexibility index (Phi) is 7.13. The Labute approximate surface area is 90.4 Å². The standard InChI is InChI=1S/C11H13F.CH3Cl/c1-9(2)3-4-10-5-7-11(12)8-6-10;1-2/h3-9H,1-2H3;1H3/b4-3+;. The van der Waals surface area contributed by atoms with Gasteiger partial charge in [0.2, 0.25) is 0 Å². The van der Waals surface area contributed by atoms with Crippen LogP contribution in [0, 0.1) is 11.7 Å². The molecule has 0 N–H and O–H groups in total. The van der Waals surface area contributed by atoms with Gasteiger partial charge in [0.1, 0.15) is 5.82 Å². The van der Waals surface area contributed by atoms with Crippen molar-refractivity contribution in [2.45, 2.75) is 13.8 Å². The molecule has 1 aromatic rings. The number of alkyl halides is 1. The van der Waals surface area contributed by atoms with Crippen LogP contribution in [-0.2, 0) is 0 Å². The highest BCUT2D eigenvalue weighted by Crippen LogP contribution is 2.06. The second-order valence-electron chi connectivity index (χ2n) is 3.15. The van der Waals surface area contributed by atoms with Crippen LogP contribution in [0.5, 0.6) is 0 Å². The monoisotopic (exact) mass is 214 g/mol. The molecule has 14 heavy (non-hydrogen) atoms. The molecule has 0 nitrogen and oxygen atoms in total. The van der Waals surface area contributed by atoms with Gasteiger partial charge in [-0.05, 0) is 23.6 Å². The van der Waals surface area contributed by atoms with Crippen molar-refractivity contribution < 1.29 is 4.39 Å². The van der Waals surface area contributed by atoms with Crippen LogP contribution in [0.3, 0.4) is 0 Å². The van der Waals surface area contributed by atoms with Crippen molar-refractivity contribution in [2.75, 3.05) is 6.38 Å². The number of hydrogen-bond donors (Lipinski definition) is 0. The Balaban J connectivity index is 0.000000791. The second kappa shape index (κ2) is 7.57. The third-order valence-electron chi connectivity index (χ3n) is 1.54. The molecule has 1 aromatic carbocycles. The highest BCUT2D eigenvalue weighted by molar-refractivity contribution is 6.15. The zero-order valence-electron chi connectivity index (χ0n) is 8.80. The number of benzene rings is 1. The smallest absolute Gasteiger partial charge is 0.123 e. The maximum atomic E-state index is 12.5. The van der Waals surface area contributed by atoms with E-state index in [1.54, 1.807) is 12.1 Å². The summed E-state index contributed by atoms with van der Waals surface area (Å²) in [5.74, 6) is 0.353. The molecule has 2 heteroatoms. The van der Waals surface area contributed by atoms with E-state index in [9.17, 15) is 4.39 Å². The van der Waals surface area contributed by atoms with E-state index in [0.29, 0.717) is 5.92 Å². The van der Waals surface area contributed by atoms with E-state index in [-0.39, 0.29) is 5.82 Å². The van der Waals surface area contributed by atoms with Crippen LogP contribution in [-0.4, -0.2) is 6.38 Å². The van der Waals surface area contributed by atoms with Gasteiger partial charge in [0.25, 0.3) is 0 Å². The Hall–Kier alpha value is -0.820. The first-order valence-electron chi connectivity index (χ1n) is 4.50. The molecule has 78 valence electrons. The minimum atomic E-state index is -0.184. The summed E-state index contributed by atoms with van der Waals surface area (Å²) in [6, 6.07) is 6.49. The van der Waals surface area contributed by atoms with Crippen molar-refractivity contribution in [1.82, 2.24) is 0 Å². The maximum absolute atomic E-state index is 12.5. The van der Waals surface area contributed by atoms with Gasteiger partial charge in [-0.15, -0.1) is 11.6 Å². The van der Waals surface area contributed by atoms with E-state index in [4.69, 9.17) is 0 Å². The number of rotatable bonds is 2. The van der Waals surface area contributed by atoms with Crippen molar-refractivity contribution in [1.29, 1.82) is 0 Å². The van der Waals surface area contributed by atoms with Gasteiger partial charge in [0.05, 0.1) is 0 Å². The first kappa shape index (κ1) is 13.2. The molecule has 0 bridgehead atoms. The van der Waals surface area contributed by atoms with Crippen LogP contribution in [0.1, 0.15) is 19.4 Å². The van der Waals surface area contributed by atoms with E-state index in [1.165, 1.54) is 18.5 Å². The zero-order valence-corrected chi connectivity index (χ0v) is 9.55. The molecule has 0 aromatic heterocycles. The zero-order chi connectivity index (χ0) is 11.0. The van der Waals surface area contributed by atoms with Gasteiger partial charge in [0, 0.05) is 6.38 Å². The summed E-state index contributed by atoms with van der Waals surface area (Å²) >= 11 is 4.64. The van der Waals surface area contributed by atoms with Gasteiger partial charge >= 0.3 is 0 Å². The molecule has 0 unspecified atom stereocenters. The molecule has 0 aliphatic rings. The van der Waals surface area contributed by atoms with Crippen LogP contribution in [0.25, 0.3) is 6.08 Å². The van der Waals surface area contributed by atoms with E-state index >= 15 is 0 Å². The Morgan fingerprint density at radius 3 is 2.07 bits per heavy atom. The molecule has 0 heterocycles. The van der Waals surface area contributed by atoms with Crippen LogP contribution in [0.15, 0.2) is 30.3 Å². The van der Waals surface area contributed by atoms with Gasteiger partial charge in [0.15, 0.2) is 0 Å². The minimum absolute atomic E-state index is 0.184. The lowest BCUT2D eigenvalue weighted by molar-refractivity contribution is 0.628. The fraction of sp³-hybridized carbons (Fsp3) is 0.333. The topological polar surface area (TPSA) is 0 Å². The predicted octanol–water partition coefficient (Wildman–Crippen LogP) is 4.35. The van der Waals surface area contributed by atoms with Gasteiger partial charge in [-0.2, -0.15) is 0 Å². The quantitative estimate of drug-likeness (QED) is 0.642. The summed E-state index contributed by atoms with van der Waals surface area (Å²) in [4.78, 5) is 0. The lowest BCUT2D eigenvalue weighted by Gasteiger charge is -1.95. The SMILES string of the molecule is CC(C)/C=C/c1ccc(F)cc1.CCl. The molecule has 0 fully saturated rings. The van der Waals surface area contributed by atoms with Crippen molar-refractivity contribution in [3.05, 3.63) is 41.7 Å². The average molecular weight is 215 g/mol. The Bertz CT molecular complexity index is 262. The van der Waals surface area contributed by atoms with Gasteiger partial charge in [-0.3, -0.25) is 0 Å². The van der Waals surface area contributed by atoms with Crippen LogP contribution in [0.4, 0.5) is 4.39 Å². The van der Waals surface area contributed by atoms with Gasteiger partial charge < -0.3 is 0 Å². The Morgan fingerprint density at radius 1 is 1.14 bits per heavy atom. The normalized spacial score (nSPS) is 10.1. The molecule has 1 rings (SSSR count). The van der Waals surface area contributed by atoms with Gasteiger partial charge in [-0.25, -0.2) is 4.39 Å². The Morgan fingerprint density at radius 2 is 1.64 bits per heavy atom. The molecule has 0 atom stereocenters. The van der Waals surface area contributed by atoms with Crippen LogP contribution >= 0.6 is 11.6 Å². The fourth-order valence-electron chi connectivity index (χ4n) is 0.877. The van der Waals surface area contributed by atoms with E-state index in [0.717, 1.165) is 5.56 Å². The lowest BCUT2D eigenvalue weighted by Crippen LogP contribution is -1.78. The molecule has 0 saturated heterocycles. The number of allylic oxidation sites excluding steroid dienone is 1. The van der Waals surface area contributed by atoms with E-state index in [1.807, 2.05) is 6.08 Å². The summed E-state index contributed by atoms with van der Waals surface area (Å²) in [6.45, 7) is 4.22. The first-order chi connectivity index (χ1) is 6.68. The maximum Gasteiger partial charge on any atom is 0.123 e. The lowest BCUT2D eigenvalue weighted by atomic mass is 10.1. The first-order valence-corrected chi connectivity index (χ1v) is 5.25. The molecular weight excluding hydrogens is 199 g/mol. The van der Waals surface area contributed by atoms with Crippen molar-refractivity contribution in [2.24, 2.45) is 5.92 Å². The molecule has 0 spiro atoms. The molecular formula is C12H16ClF. The number of hydrogen-bond acceptors (Lipinski definition) is 0. The summed E-state index contributed by atoms with van der Waals surface area (Å²) in [5, 5.41) is 0. The molecule has 0 amide bonds. The van der Waals surface area contributed by atoms with Crippen molar-refractivity contribution in [3.8, 4) is 0 Å².